The highest BCUT2D eigenvalue weighted by Gasteiger charge is 2.20. The van der Waals surface area contributed by atoms with E-state index < -0.39 is 17.5 Å². The number of amides is 1. The second-order valence-electron chi connectivity index (χ2n) is 6.19. The smallest absolute Gasteiger partial charge is 0.274 e. The number of aromatic nitrogens is 2. The third-order valence-corrected chi connectivity index (χ3v) is 4.22. The van der Waals surface area contributed by atoms with Crippen LogP contribution in [-0.4, -0.2) is 32.9 Å². The van der Waals surface area contributed by atoms with Crippen molar-refractivity contribution in [2.45, 2.75) is 13.0 Å². The van der Waals surface area contributed by atoms with Crippen molar-refractivity contribution in [2.24, 2.45) is 0 Å². The highest BCUT2D eigenvalue weighted by molar-refractivity contribution is 5.95. The number of aromatic hydroxyl groups is 2. The standard InChI is InChI=1S/C20H17N3O5/c24-18-17(22-16(23-20(18)26)9-12-4-2-1-3-5-12)19(25)21-10-13-6-7-14-15(8-13)28-11-27-14/h1-8,24H,9-11H2,(H,21,25)(H,22,23,26). The molecule has 0 fully saturated rings. The number of carbonyl (C=O) groups excluding carboxylic acids is 1. The normalized spacial score (nSPS) is 12.0. The Hall–Kier alpha value is -3.81. The van der Waals surface area contributed by atoms with Crippen molar-refractivity contribution < 1.29 is 24.5 Å². The van der Waals surface area contributed by atoms with E-state index in [1.165, 1.54) is 0 Å². The zero-order valence-electron chi connectivity index (χ0n) is 14.8. The van der Waals surface area contributed by atoms with Gasteiger partial charge in [-0.3, -0.25) is 4.79 Å². The van der Waals surface area contributed by atoms with Gasteiger partial charge >= 0.3 is 0 Å². The third kappa shape index (κ3) is 3.66. The molecule has 8 heteroatoms. The summed E-state index contributed by atoms with van der Waals surface area (Å²) in [6.07, 6.45) is 0.317. The van der Waals surface area contributed by atoms with Gasteiger partial charge in [0.05, 0.1) is 0 Å². The average molecular weight is 379 g/mol. The lowest BCUT2D eigenvalue weighted by atomic mass is 10.1. The van der Waals surface area contributed by atoms with Gasteiger partial charge in [0.2, 0.25) is 12.5 Å². The number of ether oxygens (including phenoxy) is 2. The predicted molar refractivity (Wildman–Crippen MR) is 98.3 cm³/mol. The molecule has 0 atom stereocenters. The Kier molecular flexibility index (Phi) is 4.67. The first-order valence-electron chi connectivity index (χ1n) is 8.59. The largest absolute Gasteiger partial charge is 0.501 e. The molecule has 1 aliphatic heterocycles. The minimum atomic E-state index is -0.653. The number of hydrogen-bond donors (Lipinski definition) is 3. The van der Waals surface area contributed by atoms with Gasteiger partial charge in [-0.05, 0) is 23.3 Å². The van der Waals surface area contributed by atoms with Gasteiger partial charge in [-0.1, -0.05) is 36.4 Å². The molecule has 0 aliphatic carbocycles. The van der Waals surface area contributed by atoms with Crippen molar-refractivity contribution in [3.05, 3.63) is 71.2 Å². The molecule has 2 heterocycles. The van der Waals surface area contributed by atoms with Gasteiger partial charge in [-0.15, -0.1) is 0 Å². The van der Waals surface area contributed by atoms with Crippen LogP contribution in [0.2, 0.25) is 0 Å². The second kappa shape index (κ2) is 7.43. The molecule has 2 aromatic carbocycles. The van der Waals surface area contributed by atoms with Crippen LogP contribution in [0.25, 0.3) is 0 Å². The van der Waals surface area contributed by atoms with Crippen LogP contribution in [0, 0.1) is 0 Å². The molecule has 142 valence electrons. The second-order valence-corrected chi connectivity index (χ2v) is 6.19. The summed E-state index contributed by atoms with van der Waals surface area (Å²) in [5, 5.41) is 22.6. The Balaban J connectivity index is 1.50. The van der Waals surface area contributed by atoms with E-state index in [0.29, 0.717) is 17.9 Å². The summed E-state index contributed by atoms with van der Waals surface area (Å²) in [5.41, 5.74) is 1.43. The van der Waals surface area contributed by atoms with Crippen LogP contribution in [0.1, 0.15) is 27.4 Å². The van der Waals surface area contributed by atoms with Crippen LogP contribution in [0.4, 0.5) is 0 Å². The van der Waals surface area contributed by atoms with Gasteiger partial charge < -0.3 is 25.0 Å². The van der Waals surface area contributed by atoms with E-state index in [-0.39, 0.29) is 24.9 Å². The molecule has 8 nitrogen and oxygen atoms in total. The van der Waals surface area contributed by atoms with Crippen LogP contribution in [0.3, 0.4) is 0 Å². The molecule has 0 unspecified atom stereocenters. The molecule has 28 heavy (non-hydrogen) atoms. The maximum Gasteiger partial charge on any atom is 0.274 e. The molecule has 0 radical (unpaired) electrons. The molecule has 1 aromatic heterocycles. The Morgan fingerprint density at radius 1 is 1.00 bits per heavy atom. The maximum atomic E-state index is 12.5. The lowest BCUT2D eigenvalue weighted by molar-refractivity contribution is 0.0941. The van der Waals surface area contributed by atoms with E-state index in [9.17, 15) is 15.0 Å². The number of carbonyl (C=O) groups is 1. The molecule has 3 aromatic rings. The highest BCUT2D eigenvalue weighted by atomic mass is 16.7. The van der Waals surface area contributed by atoms with E-state index in [0.717, 1.165) is 11.1 Å². The van der Waals surface area contributed by atoms with E-state index in [2.05, 4.69) is 15.3 Å². The van der Waals surface area contributed by atoms with Gasteiger partial charge in [0.25, 0.3) is 11.8 Å². The summed E-state index contributed by atoms with van der Waals surface area (Å²) in [5.74, 6) is -0.413. The summed E-state index contributed by atoms with van der Waals surface area (Å²) in [6, 6.07) is 14.7. The molecule has 3 N–H and O–H groups in total. The fourth-order valence-corrected chi connectivity index (χ4v) is 2.82. The molecule has 0 spiro atoms. The Morgan fingerprint density at radius 3 is 2.61 bits per heavy atom. The van der Waals surface area contributed by atoms with Gasteiger partial charge in [0.1, 0.15) is 5.82 Å². The molecule has 4 rings (SSSR count). The zero-order valence-corrected chi connectivity index (χ0v) is 14.8. The van der Waals surface area contributed by atoms with E-state index in [4.69, 9.17) is 9.47 Å². The lowest BCUT2D eigenvalue weighted by Gasteiger charge is -2.09. The SMILES string of the molecule is O=C(NCc1ccc2c(c1)OCO2)c1nc(Cc2ccccc2)nc(O)c1O. The summed E-state index contributed by atoms with van der Waals surface area (Å²) in [7, 11) is 0. The van der Waals surface area contributed by atoms with Crippen molar-refractivity contribution in [3.8, 4) is 23.1 Å². The summed E-state index contributed by atoms with van der Waals surface area (Å²) in [6.45, 7) is 0.358. The van der Waals surface area contributed by atoms with Crippen LogP contribution in [0.15, 0.2) is 48.5 Å². The Bertz CT molecular complexity index is 1020. The molecular weight excluding hydrogens is 362 g/mol. The van der Waals surface area contributed by atoms with Crippen LogP contribution >= 0.6 is 0 Å². The minimum absolute atomic E-state index is 0.170. The molecule has 1 aliphatic rings. The number of nitrogens with one attached hydrogen (secondary N) is 1. The van der Waals surface area contributed by atoms with Crippen LogP contribution < -0.4 is 14.8 Å². The van der Waals surface area contributed by atoms with Gasteiger partial charge in [-0.25, -0.2) is 4.98 Å². The fourth-order valence-electron chi connectivity index (χ4n) is 2.82. The monoisotopic (exact) mass is 379 g/mol. The first-order chi connectivity index (χ1) is 13.6. The lowest BCUT2D eigenvalue weighted by Crippen LogP contribution is -2.24. The maximum absolute atomic E-state index is 12.5. The fraction of sp³-hybridized carbons (Fsp3) is 0.150. The van der Waals surface area contributed by atoms with Crippen molar-refractivity contribution >= 4 is 5.91 Å². The van der Waals surface area contributed by atoms with Crippen molar-refractivity contribution in [3.63, 3.8) is 0 Å². The number of hydrogen-bond acceptors (Lipinski definition) is 7. The summed E-state index contributed by atoms with van der Waals surface area (Å²) >= 11 is 0. The van der Waals surface area contributed by atoms with Gasteiger partial charge in [-0.2, -0.15) is 4.98 Å². The van der Waals surface area contributed by atoms with Gasteiger partial charge in [0.15, 0.2) is 17.2 Å². The predicted octanol–water partition coefficient (Wildman–Crippen LogP) is 2.14. The van der Waals surface area contributed by atoms with E-state index >= 15 is 0 Å². The molecule has 0 saturated heterocycles. The van der Waals surface area contributed by atoms with Crippen molar-refractivity contribution in [1.29, 1.82) is 0 Å². The quantitative estimate of drug-likeness (QED) is 0.622. The number of rotatable bonds is 5. The molecule has 0 bridgehead atoms. The Morgan fingerprint density at radius 2 is 1.79 bits per heavy atom. The first kappa shape index (κ1) is 17.6. The first-order valence-corrected chi connectivity index (χ1v) is 8.59. The molecule has 1 amide bonds. The van der Waals surface area contributed by atoms with Crippen molar-refractivity contribution in [1.82, 2.24) is 15.3 Å². The van der Waals surface area contributed by atoms with Crippen molar-refractivity contribution in [2.75, 3.05) is 6.79 Å². The van der Waals surface area contributed by atoms with Gasteiger partial charge in [0, 0.05) is 13.0 Å². The number of fused-ring (bicyclic) bond motifs is 1. The average Bonchev–Trinajstić information content (AvgIpc) is 3.17. The topological polar surface area (TPSA) is 114 Å². The number of benzene rings is 2. The minimum Gasteiger partial charge on any atom is -0.501 e. The van der Waals surface area contributed by atoms with Crippen LogP contribution in [0.5, 0.6) is 23.1 Å². The highest BCUT2D eigenvalue weighted by Crippen LogP contribution is 2.32. The molecule has 0 saturated carbocycles. The number of nitrogens with zero attached hydrogens (tertiary/aromatic N) is 2. The van der Waals surface area contributed by atoms with E-state index in [1.54, 1.807) is 18.2 Å². The third-order valence-electron chi connectivity index (χ3n) is 4.22. The van der Waals surface area contributed by atoms with Crippen LogP contribution in [-0.2, 0) is 13.0 Å². The Labute approximate surface area is 160 Å². The van der Waals surface area contributed by atoms with E-state index in [1.807, 2.05) is 30.3 Å². The zero-order chi connectivity index (χ0) is 19.5. The molecular formula is C20H17N3O5. The summed E-state index contributed by atoms with van der Waals surface area (Å²) in [4.78, 5) is 20.5. The summed E-state index contributed by atoms with van der Waals surface area (Å²) < 4.78 is 10.6.